The predicted octanol–water partition coefficient (Wildman–Crippen LogP) is 2.47. The number of carbonyl (C=O) groups excluding carboxylic acids is 2. The Bertz CT molecular complexity index is 678. The smallest absolute Gasteiger partial charge is 0.408 e. The summed E-state index contributed by atoms with van der Waals surface area (Å²) < 4.78 is 5.13. The number of ether oxygens (including phenoxy) is 1. The van der Waals surface area contributed by atoms with Gasteiger partial charge in [0.15, 0.2) is 0 Å². The zero-order chi connectivity index (χ0) is 17.0. The maximum absolute atomic E-state index is 11.5. The summed E-state index contributed by atoms with van der Waals surface area (Å²) in [6.07, 6.45) is 0.374. The molecule has 1 aliphatic rings. The maximum atomic E-state index is 11.5. The molecule has 1 aromatic carbocycles. The van der Waals surface area contributed by atoms with Crippen molar-refractivity contribution < 1.29 is 14.3 Å². The largest absolute Gasteiger partial charge is 0.444 e. The Morgan fingerprint density at radius 1 is 1.35 bits per heavy atom. The fourth-order valence-electron chi connectivity index (χ4n) is 2.38. The second-order valence-electron chi connectivity index (χ2n) is 6.42. The Morgan fingerprint density at radius 2 is 2.09 bits per heavy atom. The van der Waals surface area contributed by atoms with Crippen LogP contribution in [0.15, 0.2) is 18.2 Å². The third-order valence-electron chi connectivity index (χ3n) is 3.31. The molecule has 0 unspecified atom stereocenters. The fourth-order valence-corrected chi connectivity index (χ4v) is 2.38. The van der Waals surface area contributed by atoms with Crippen LogP contribution in [-0.4, -0.2) is 30.7 Å². The second kappa shape index (κ2) is 6.74. The van der Waals surface area contributed by atoms with E-state index in [1.54, 1.807) is 11.8 Å². The molecule has 5 heteroatoms. The van der Waals surface area contributed by atoms with Crippen LogP contribution in [0.2, 0.25) is 0 Å². The van der Waals surface area contributed by atoms with Crippen LogP contribution >= 0.6 is 0 Å². The van der Waals surface area contributed by atoms with Crippen LogP contribution in [-0.2, 0) is 16.0 Å². The van der Waals surface area contributed by atoms with E-state index in [1.165, 1.54) is 0 Å². The van der Waals surface area contributed by atoms with Gasteiger partial charge in [0.1, 0.15) is 5.60 Å². The number of anilines is 1. The number of rotatable bonds is 1. The van der Waals surface area contributed by atoms with Crippen LogP contribution in [0, 0.1) is 11.8 Å². The van der Waals surface area contributed by atoms with Gasteiger partial charge in [-0.3, -0.25) is 4.79 Å². The number of nitrogens with one attached hydrogen (secondary N) is 1. The van der Waals surface area contributed by atoms with Gasteiger partial charge in [0.2, 0.25) is 5.91 Å². The lowest BCUT2D eigenvalue weighted by Crippen LogP contribution is -2.32. The number of alkyl carbamates (subject to hydrolysis) is 1. The first-order valence-corrected chi connectivity index (χ1v) is 7.63. The van der Waals surface area contributed by atoms with Gasteiger partial charge in [0.25, 0.3) is 0 Å². The van der Waals surface area contributed by atoms with Gasteiger partial charge in [0.05, 0.1) is 6.54 Å². The van der Waals surface area contributed by atoms with Crippen LogP contribution in [0.25, 0.3) is 0 Å². The predicted molar refractivity (Wildman–Crippen MR) is 89.3 cm³/mol. The summed E-state index contributed by atoms with van der Waals surface area (Å²) in [6.45, 7) is 7.96. The molecule has 122 valence electrons. The molecule has 0 bridgehead atoms. The Labute approximate surface area is 137 Å². The highest BCUT2D eigenvalue weighted by atomic mass is 16.6. The highest BCUT2D eigenvalue weighted by Crippen LogP contribution is 2.28. The van der Waals surface area contributed by atoms with Crippen LogP contribution < -0.4 is 10.2 Å². The highest BCUT2D eigenvalue weighted by Gasteiger charge is 2.21. The van der Waals surface area contributed by atoms with Crippen molar-refractivity contribution in [2.75, 3.05) is 18.0 Å². The highest BCUT2D eigenvalue weighted by molar-refractivity contribution is 5.93. The second-order valence-corrected chi connectivity index (χ2v) is 6.42. The third kappa shape index (κ3) is 4.75. The van der Waals surface area contributed by atoms with E-state index < -0.39 is 11.7 Å². The molecular weight excluding hydrogens is 292 g/mol. The van der Waals surface area contributed by atoms with Crippen LogP contribution in [0.1, 0.15) is 38.8 Å². The monoisotopic (exact) mass is 314 g/mol. The van der Waals surface area contributed by atoms with Crippen molar-refractivity contribution in [2.45, 2.75) is 39.7 Å². The molecule has 0 radical (unpaired) electrons. The molecule has 5 nitrogen and oxygen atoms in total. The number of nitrogens with zero attached hydrogens (tertiary/aromatic N) is 1. The quantitative estimate of drug-likeness (QED) is 0.810. The van der Waals surface area contributed by atoms with Gasteiger partial charge in [-0.1, -0.05) is 11.8 Å². The van der Waals surface area contributed by atoms with Gasteiger partial charge in [-0.15, -0.1) is 0 Å². The van der Waals surface area contributed by atoms with E-state index in [1.807, 2.05) is 39.0 Å². The molecule has 1 N–H and O–H groups in total. The van der Waals surface area contributed by atoms with Gasteiger partial charge in [-0.2, -0.15) is 0 Å². The summed E-state index contributed by atoms with van der Waals surface area (Å²) in [6, 6.07) is 5.81. The molecule has 0 saturated heterocycles. The lowest BCUT2D eigenvalue weighted by atomic mass is 10.1. The zero-order valence-electron chi connectivity index (χ0n) is 14.0. The van der Waals surface area contributed by atoms with Crippen molar-refractivity contribution in [3.05, 3.63) is 29.3 Å². The van der Waals surface area contributed by atoms with E-state index >= 15 is 0 Å². The standard InChI is InChI=1S/C18H22N2O3/c1-13(21)20-11-9-15-12-14(7-8-16(15)20)6-5-10-19-17(22)23-18(2,3)4/h7-8,12H,9-11H2,1-4H3,(H,19,22). The molecule has 1 aliphatic heterocycles. The lowest BCUT2D eigenvalue weighted by molar-refractivity contribution is -0.116. The van der Waals surface area contributed by atoms with Gasteiger partial charge >= 0.3 is 6.09 Å². The Kier molecular flexibility index (Phi) is 4.95. The summed E-state index contributed by atoms with van der Waals surface area (Å²) >= 11 is 0. The first-order valence-electron chi connectivity index (χ1n) is 7.63. The molecular formula is C18H22N2O3. The first kappa shape index (κ1) is 16.9. The molecule has 2 amide bonds. The van der Waals surface area contributed by atoms with Crippen LogP contribution in [0.5, 0.6) is 0 Å². The molecule has 1 aromatic rings. The molecule has 0 aromatic heterocycles. The Balaban J connectivity index is 1.93. The topological polar surface area (TPSA) is 58.6 Å². The Hall–Kier alpha value is -2.48. The van der Waals surface area contributed by atoms with Crippen molar-refractivity contribution in [3.8, 4) is 11.8 Å². The van der Waals surface area contributed by atoms with Gasteiger partial charge in [-0.05, 0) is 51.0 Å². The summed E-state index contributed by atoms with van der Waals surface area (Å²) in [5.74, 6) is 5.97. The molecule has 1 heterocycles. The van der Waals surface area contributed by atoms with E-state index in [0.29, 0.717) is 0 Å². The molecule has 0 aliphatic carbocycles. The minimum Gasteiger partial charge on any atom is -0.444 e. The van der Waals surface area contributed by atoms with Crippen molar-refractivity contribution in [2.24, 2.45) is 0 Å². The summed E-state index contributed by atoms with van der Waals surface area (Å²) in [4.78, 5) is 24.8. The minimum absolute atomic E-state index is 0.0594. The SMILES string of the molecule is CC(=O)N1CCc2cc(C#CCNC(=O)OC(C)(C)C)ccc21. The molecule has 0 atom stereocenters. The van der Waals surface area contributed by atoms with Gasteiger partial charge in [-0.25, -0.2) is 4.79 Å². The fraction of sp³-hybridized carbons (Fsp3) is 0.444. The average Bonchev–Trinajstić information content (AvgIpc) is 2.85. The van der Waals surface area contributed by atoms with E-state index in [2.05, 4.69) is 17.2 Å². The van der Waals surface area contributed by atoms with Crippen molar-refractivity contribution in [1.29, 1.82) is 0 Å². The van der Waals surface area contributed by atoms with Crippen LogP contribution in [0.4, 0.5) is 10.5 Å². The number of carbonyl (C=O) groups is 2. The van der Waals surface area contributed by atoms with Crippen molar-refractivity contribution >= 4 is 17.7 Å². The number of hydrogen-bond donors (Lipinski definition) is 1. The summed E-state index contributed by atoms with van der Waals surface area (Å²) in [7, 11) is 0. The van der Waals surface area contributed by atoms with Crippen LogP contribution in [0.3, 0.4) is 0 Å². The van der Waals surface area contributed by atoms with E-state index in [9.17, 15) is 9.59 Å². The zero-order valence-corrected chi connectivity index (χ0v) is 14.0. The van der Waals surface area contributed by atoms with Crippen molar-refractivity contribution in [3.63, 3.8) is 0 Å². The normalized spacial score (nSPS) is 13.0. The number of fused-ring (bicyclic) bond motifs is 1. The first-order chi connectivity index (χ1) is 10.8. The van der Waals surface area contributed by atoms with Crippen molar-refractivity contribution in [1.82, 2.24) is 5.32 Å². The minimum atomic E-state index is -0.514. The third-order valence-corrected chi connectivity index (χ3v) is 3.31. The number of hydrogen-bond acceptors (Lipinski definition) is 3. The maximum Gasteiger partial charge on any atom is 0.408 e. The van der Waals surface area contributed by atoms with Gasteiger partial charge < -0.3 is 15.0 Å². The number of amides is 2. The molecule has 2 rings (SSSR count). The Morgan fingerprint density at radius 3 is 2.74 bits per heavy atom. The van der Waals surface area contributed by atoms with E-state index in [-0.39, 0.29) is 12.5 Å². The average molecular weight is 314 g/mol. The lowest BCUT2D eigenvalue weighted by Gasteiger charge is -2.19. The summed E-state index contributed by atoms with van der Waals surface area (Å²) in [5, 5.41) is 2.60. The number of benzene rings is 1. The van der Waals surface area contributed by atoms with E-state index in [4.69, 9.17) is 4.74 Å². The molecule has 23 heavy (non-hydrogen) atoms. The molecule has 0 fully saturated rings. The molecule has 0 spiro atoms. The van der Waals surface area contributed by atoms with Gasteiger partial charge in [0, 0.05) is 24.7 Å². The van der Waals surface area contributed by atoms with E-state index in [0.717, 1.165) is 29.8 Å². The molecule has 0 saturated carbocycles. The summed E-state index contributed by atoms with van der Waals surface area (Å²) in [5.41, 5.74) is 2.46.